The molecule has 1 N–H and O–H groups in total. The second kappa shape index (κ2) is 6.34. The van der Waals surface area contributed by atoms with Crippen LogP contribution in [0.5, 0.6) is 0 Å². The minimum atomic E-state index is -1.17. The SMILES string of the molecule is O=C([O-])[C@@H]1C2c3ccccc3C(c3ccccc32)[C@@H]1C(=O)Nc1ccccc1. The first-order valence-corrected chi connectivity index (χ1v) is 9.41. The number of carbonyl (C=O) groups is 2. The summed E-state index contributed by atoms with van der Waals surface area (Å²) in [6.45, 7) is 0. The topological polar surface area (TPSA) is 69.2 Å². The fraction of sp³-hybridized carbons (Fsp3) is 0.167. The van der Waals surface area contributed by atoms with Crippen molar-refractivity contribution < 1.29 is 14.7 Å². The summed E-state index contributed by atoms with van der Waals surface area (Å²) in [5.74, 6) is -3.76. The van der Waals surface area contributed by atoms with E-state index in [1.54, 1.807) is 12.1 Å². The van der Waals surface area contributed by atoms with E-state index in [1.165, 1.54) is 0 Å². The van der Waals surface area contributed by atoms with Crippen molar-refractivity contribution in [2.24, 2.45) is 11.8 Å². The van der Waals surface area contributed by atoms with Crippen LogP contribution in [0.3, 0.4) is 0 Å². The fourth-order valence-electron chi connectivity index (χ4n) is 5.02. The molecule has 0 spiro atoms. The van der Waals surface area contributed by atoms with Crippen molar-refractivity contribution in [2.45, 2.75) is 11.8 Å². The number of carboxylic acids is 1. The molecule has 0 aromatic heterocycles. The molecule has 0 saturated heterocycles. The van der Waals surface area contributed by atoms with Gasteiger partial charge < -0.3 is 15.2 Å². The molecule has 3 aliphatic carbocycles. The lowest BCUT2D eigenvalue weighted by Crippen LogP contribution is -2.52. The van der Waals surface area contributed by atoms with Crippen LogP contribution >= 0.6 is 0 Å². The maximum atomic E-state index is 13.3. The Morgan fingerprint density at radius 2 is 1.07 bits per heavy atom. The number of hydrogen-bond donors (Lipinski definition) is 1. The maximum absolute atomic E-state index is 13.3. The third-order valence-electron chi connectivity index (χ3n) is 6.05. The largest absolute Gasteiger partial charge is 0.550 e. The number of aliphatic carboxylic acids is 1. The molecule has 2 bridgehead atoms. The van der Waals surface area contributed by atoms with Crippen molar-refractivity contribution >= 4 is 17.6 Å². The van der Waals surface area contributed by atoms with Crippen molar-refractivity contribution in [1.82, 2.24) is 0 Å². The number of amides is 1. The van der Waals surface area contributed by atoms with Crippen molar-refractivity contribution in [2.75, 3.05) is 5.32 Å². The minimum Gasteiger partial charge on any atom is -0.550 e. The van der Waals surface area contributed by atoms with Crippen LogP contribution in [0.25, 0.3) is 0 Å². The molecule has 0 heterocycles. The highest BCUT2D eigenvalue weighted by Gasteiger charge is 2.52. The maximum Gasteiger partial charge on any atom is 0.229 e. The number of carboxylic acid groups (broad SMARTS) is 1. The molecule has 1 amide bonds. The average molecular weight is 368 g/mol. The molecule has 0 radical (unpaired) electrons. The normalized spacial score (nSPS) is 24.1. The van der Waals surface area contributed by atoms with E-state index in [1.807, 2.05) is 66.7 Å². The van der Waals surface area contributed by atoms with Crippen LogP contribution in [0.2, 0.25) is 0 Å². The van der Waals surface area contributed by atoms with E-state index >= 15 is 0 Å². The minimum absolute atomic E-state index is 0.278. The number of carbonyl (C=O) groups excluding carboxylic acids is 2. The Labute approximate surface area is 162 Å². The molecule has 138 valence electrons. The summed E-state index contributed by atoms with van der Waals surface area (Å²) in [5.41, 5.74) is 4.72. The van der Waals surface area contributed by atoms with Gasteiger partial charge in [-0.25, -0.2) is 0 Å². The molecular formula is C24H18NO3-. The Bertz CT molecular complexity index is 1030. The Balaban J connectivity index is 1.67. The molecule has 0 saturated carbocycles. The predicted molar refractivity (Wildman–Crippen MR) is 104 cm³/mol. The summed E-state index contributed by atoms with van der Waals surface area (Å²) < 4.78 is 0. The molecule has 0 aliphatic heterocycles. The average Bonchev–Trinajstić information content (AvgIpc) is 2.73. The quantitative estimate of drug-likeness (QED) is 0.773. The first-order chi connectivity index (χ1) is 13.7. The molecule has 3 aliphatic rings. The van der Waals surface area contributed by atoms with Gasteiger partial charge in [-0.1, -0.05) is 66.7 Å². The molecule has 2 atom stereocenters. The van der Waals surface area contributed by atoms with Gasteiger partial charge in [-0.3, -0.25) is 4.79 Å². The van der Waals surface area contributed by atoms with E-state index in [2.05, 4.69) is 5.32 Å². The second-order valence-electron chi connectivity index (χ2n) is 7.44. The molecule has 4 heteroatoms. The smallest absolute Gasteiger partial charge is 0.229 e. The number of fused-ring (bicyclic) bond motifs is 1. The van der Waals surface area contributed by atoms with Gasteiger partial charge in [-0.05, 0) is 34.4 Å². The second-order valence-corrected chi connectivity index (χ2v) is 7.44. The van der Waals surface area contributed by atoms with Gasteiger partial charge in [-0.15, -0.1) is 0 Å². The van der Waals surface area contributed by atoms with E-state index < -0.39 is 17.8 Å². The summed E-state index contributed by atoms with van der Waals surface area (Å²) in [4.78, 5) is 25.5. The Kier molecular flexibility index (Phi) is 3.79. The first-order valence-electron chi connectivity index (χ1n) is 9.41. The summed E-state index contributed by atoms with van der Waals surface area (Å²) in [6, 6.07) is 24.9. The van der Waals surface area contributed by atoms with E-state index in [4.69, 9.17) is 0 Å². The highest BCUT2D eigenvalue weighted by Crippen LogP contribution is 2.58. The summed E-state index contributed by atoms with van der Waals surface area (Å²) >= 11 is 0. The Morgan fingerprint density at radius 3 is 1.54 bits per heavy atom. The van der Waals surface area contributed by atoms with Gasteiger partial charge in [0.25, 0.3) is 0 Å². The fourth-order valence-corrected chi connectivity index (χ4v) is 5.02. The highest BCUT2D eigenvalue weighted by atomic mass is 16.4. The molecule has 4 nitrogen and oxygen atoms in total. The molecule has 6 rings (SSSR count). The molecular weight excluding hydrogens is 350 g/mol. The van der Waals surface area contributed by atoms with Gasteiger partial charge in [0.2, 0.25) is 5.91 Å². The van der Waals surface area contributed by atoms with Crippen LogP contribution in [0.15, 0.2) is 78.9 Å². The van der Waals surface area contributed by atoms with Crippen molar-refractivity contribution in [1.29, 1.82) is 0 Å². The van der Waals surface area contributed by atoms with Gasteiger partial charge in [0.15, 0.2) is 0 Å². The molecule has 3 aromatic rings. The number of hydrogen-bond acceptors (Lipinski definition) is 3. The third kappa shape index (κ3) is 2.38. The summed E-state index contributed by atoms with van der Waals surface area (Å²) in [7, 11) is 0. The Hall–Kier alpha value is -3.40. The number of para-hydroxylation sites is 1. The lowest BCUT2D eigenvalue weighted by molar-refractivity contribution is -0.314. The van der Waals surface area contributed by atoms with Crippen LogP contribution in [-0.2, 0) is 9.59 Å². The zero-order valence-electron chi connectivity index (χ0n) is 15.0. The van der Waals surface area contributed by atoms with E-state index in [0.717, 1.165) is 22.3 Å². The van der Waals surface area contributed by atoms with Crippen LogP contribution in [0, 0.1) is 11.8 Å². The number of anilines is 1. The van der Waals surface area contributed by atoms with Gasteiger partial charge in [-0.2, -0.15) is 0 Å². The van der Waals surface area contributed by atoms with Crippen LogP contribution in [0.1, 0.15) is 34.1 Å². The molecule has 0 unspecified atom stereocenters. The lowest BCUT2D eigenvalue weighted by atomic mass is 9.54. The number of benzene rings is 3. The predicted octanol–water partition coefficient (Wildman–Crippen LogP) is 2.90. The van der Waals surface area contributed by atoms with Gasteiger partial charge >= 0.3 is 0 Å². The first kappa shape index (κ1) is 16.8. The van der Waals surface area contributed by atoms with Crippen molar-refractivity contribution in [3.05, 3.63) is 101 Å². The van der Waals surface area contributed by atoms with E-state index in [-0.39, 0.29) is 17.7 Å². The van der Waals surface area contributed by atoms with Gasteiger partial charge in [0, 0.05) is 29.4 Å². The monoisotopic (exact) mass is 368 g/mol. The van der Waals surface area contributed by atoms with Crippen LogP contribution < -0.4 is 10.4 Å². The molecule has 0 fully saturated rings. The highest BCUT2D eigenvalue weighted by molar-refractivity contribution is 5.97. The summed E-state index contributed by atoms with van der Waals surface area (Å²) in [5, 5.41) is 15.2. The standard InChI is InChI=1S/C24H19NO3/c26-23(25-14-8-2-1-3-9-14)21-19-15-10-4-6-12-17(15)20(22(21)24(27)28)18-13-7-5-11-16(18)19/h1-13,19-22H,(H,25,26)(H,27,28)/p-1/t19?,20?,21-,22+/m0/s1. The third-order valence-corrected chi connectivity index (χ3v) is 6.05. The molecule has 28 heavy (non-hydrogen) atoms. The lowest BCUT2D eigenvalue weighted by Gasteiger charge is -2.50. The van der Waals surface area contributed by atoms with Crippen LogP contribution in [0.4, 0.5) is 5.69 Å². The molecule has 3 aromatic carbocycles. The zero-order chi connectivity index (χ0) is 19.3. The Morgan fingerprint density at radius 1 is 0.643 bits per heavy atom. The number of nitrogens with one attached hydrogen (secondary N) is 1. The van der Waals surface area contributed by atoms with Crippen molar-refractivity contribution in [3.8, 4) is 0 Å². The van der Waals surface area contributed by atoms with Gasteiger partial charge in [0.1, 0.15) is 0 Å². The van der Waals surface area contributed by atoms with E-state index in [9.17, 15) is 14.7 Å². The zero-order valence-corrected chi connectivity index (χ0v) is 15.0. The number of rotatable bonds is 3. The van der Waals surface area contributed by atoms with E-state index in [0.29, 0.717) is 5.69 Å². The van der Waals surface area contributed by atoms with Gasteiger partial charge in [0.05, 0.1) is 5.92 Å². The van der Waals surface area contributed by atoms with Crippen molar-refractivity contribution in [3.63, 3.8) is 0 Å². The summed E-state index contributed by atoms with van der Waals surface area (Å²) in [6.07, 6.45) is 0. The van der Waals surface area contributed by atoms with Crippen LogP contribution in [-0.4, -0.2) is 11.9 Å².